The van der Waals surface area contributed by atoms with E-state index in [-0.39, 0.29) is 23.4 Å². The fourth-order valence-electron chi connectivity index (χ4n) is 3.38. The van der Waals surface area contributed by atoms with E-state index in [1.807, 2.05) is 30.3 Å². The first-order valence-electron chi connectivity index (χ1n) is 9.55. The summed E-state index contributed by atoms with van der Waals surface area (Å²) in [6.07, 6.45) is 5.57. The molecule has 1 aliphatic rings. The van der Waals surface area contributed by atoms with Gasteiger partial charge in [-0.25, -0.2) is 9.97 Å². The summed E-state index contributed by atoms with van der Waals surface area (Å²) < 4.78 is 5.77. The lowest BCUT2D eigenvalue weighted by Crippen LogP contribution is -2.17. The first-order chi connectivity index (χ1) is 14.2. The van der Waals surface area contributed by atoms with Crippen molar-refractivity contribution in [2.45, 2.75) is 31.7 Å². The fraction of sp³-hybridized carbons (Fsp3) is 0.238. The van der Waals surface area contributed by atoms with Crippen LogP contribution in [0.15, 0.2) is 60.9 Å². The summed E-state index contributed by atoms with van der Waals surface area (Å²) in [6, 6.07) is 16.8. The highest BCUT2D eigenvalue weighted by molar-refractivity contribution is 5.74. The number of nitrogens with zero attached hydrogens (tertiary/aromatic N) is 3. The van der Waals surface area contributed by atoms with Crippen molar-refractivity contribution in [2.75, 3.05) is 10.6 Å². The van der Waals surface area contributed by atoms with Crippen molar-refractivity contribution in [1.82, 2.24) is 9.97 Å². The van der Waals surface area contributed by atoms with E-state index in [2.05, 4.69) is 20.6 Å². The van der Waals surface area contributed by atoms with Crippen molar-refractivity contribution < 1.29 is 9.66 Å². The minimum Gasteiger partial charge on any atom is -0.457 e. The van der Waals surface area contributed by atoms with Crippen molar-refractivity contribution in [3.8, 4) is 11.5 Å². The number of anilines is 3. The van der Waals surface area contributed by atoms with E-state index in [9.17, 15) is 10.1 Å². The fourth-order valence-corrected chi connectivity index (χ4v) is 3.38. The number of benzene rings is 2. The lowest BCUT2D eigenvalue weighted by atomic mass is 10.2. The molecule has 0 atom stereocenters. The Bertz CT molecular complexity index is 973. The smallest absolute Gasteiger partial charge is 0.353 e. The molecule has 8 nitrogen and oxygen atoms in total. The van der Waals surface area contributed by atoms with E-state index in [1.165, 1.54) is 6.33 Å². The SMILES string of the molecule is O=[N+]([O-])c1c(Nc2ccc(Oc3ccccc3)cc2)ncnc1NC1CCCC1. The van der Waals surface area contributed by atoms with Crippen LogP contribution in [0.2, 0.25) is 0 Å². The van der Waals surface area contributed by atoms with E-state index in [1.54, 1.807) is 24.3 Å². The van der Waals surface area contributed by atoms with Gasteiger partial charge in [-0.3, -0.25) is 10.1 Å². The monoisotopic (exact) mass is 391 g/mol. The zero-order valence-corrected chi connectivity index (χ0v) is 15.7. The zero-order chi connectivity index (χ0) is 20.1. The summed E-state index contributed by atoms with van der Waals surface area (Å²) in [7, 11) is 0. The first-order valence-corrected chi connectivity index (χ1v) is 9.55. The predicted molar refractivity (Wildman–Crippen MR) is 111 cm³/mol. The van der Waals surface area contributed by atoms with Crippen molar-refractivity contribution in [3.63, 3.8) is 0 Å². The van der Waals surface area contributed by atoms with Crippen LogP contribution in [-0.2, 0) is 0 Å². The van der Waals surface area contributed by atoms with Gasteiger partial charge in [-0.15, -0.1) is 0 Å². The number of aromatic nitrogens is 2. The molecule has 0 saturated heterocycles. The van der Waals surface area contributed by atoms with Gasteiger partial charge in [-0.2, -0.15) is 0 Å². The van der Waals surface area contributed by atoms with Crippen LogP contribution in [0, 0.1) is 10.1 Å². The van der Waals surface area contributed by atoms with Crippen LogP contribution in [-0.4, -0.2) is 20.9 Å². The molecular formula is C21H21N5O3. The Morgan fingerprint density at radius 3 is 2.28 bits per heavy atom. The molecule has 1 saturated carbocycles. The molecule has 1 aliphatic carbocycles. The van der Waals surface area contributed by atoms with Crippen LogP contribution >= 0.6 is 0 Å². The Morgan fingerprint density at radius 2 is 1.59 bits per heavy atom. The number of hydrogen-bond donors (Lipinski definition) is 2. The van der Waals surface area contributed by atoms with Crippen LogP contribution in [0.5, 0.6) is 11.5 Å². The van der Waals surface area contributed by atoms with Gasteiger partial charge in [0, 0.05) is 11.7 Å². The Hall–Kier alpha value is -3.68. The molecule has 8 heteroatoms. The lowest BCUT2D eigenvalue weighted by Gasteiger charge is -2.14. The van der Waals surface area contributed by atoms with Crippen LogP contribution < -0.4 is 15.4 Å². The molecular weight excluding hydrogens is 370 g/mol. The van der Waals surface area contributed by atoms with Crippen molar-refractivity contribution >= 4 is 23.0 Å². The van der Waals surface area contributed by atoms with Gasteiger partial charge >= 0.3 is 5.69 Å². The molecule has 0 spiro atoms. The maximum Gasteiger partial charge on any atom is 0.353 e. The van der Waals surface area contributed by atoms with Crippen molar-refractivity contribution in [3.05, 3.63) is 71.0 Å². The molecule has 0 radical (unpaired) electrons. The maximum absolute atomic E-state index is 11.7. The molecule has 1 heterocycles. The van der Waals surface area contributed by atoms with Gasteiger partial charge < -0.3 is 15.4 Å². The Balaban J connectivity index is 1.51. The minimum absolute atomic E-state index is 0.149. The van der Waals surface area contributed by atoms with E-state index >= 15 is 0 Å². The molecule has 2 N–H and O–H groups in total. The molecule has 3 aromatic rings. The summed E-state index contributed by atoms with van der Waals surface area (Å²) in [4.78, 5) is 19.4. The molecule has 1 aromatic heterocycles. The quantitative estimate of drug-likeness (QED) is 0.417. The molecule has 148 valence electrons. The normalized spacial score (nSPS) is 13.8. The average Bonchev–Trinajstić information content (AvgIpc) is 3.23. The van der Waals surface area contributed by atoms with Crippen LogP contribution in [0.25, 0.3) is 0 Å². The molecule has 0 aliphatic heterocycles. The highest BCUT2D eigenvalue weighted by Crippen LogP contribution is 2.33. The molecule has 0 amide bonds. The summed E-state index contributed by atoms with van der Waals surface area (Å²) in [6.45, 7) is 0. The van der Waals surface area contributed by atoms with Gasteiger partial charge in [-0.1, -0.05) is 31.0 Å². The highest BCUT2D eigenvalue weighted by atomic mass is 16.6. The van der Waals surface area contributed by atoms with Crippen molar-refractivity contribution in [2.24, 2.45) is 0 Å². The van der Waals surface area contributed by atoms with Gasteiger partial charge in [0.05, 0.1) is 4.92 Å². The van der Waals surface area contributed by atoms with E-state index in [0.717, 1.165) is 31.4 Å². The highest BCUT2D eigenvalue weighted by Gasteiger charge is 2.26. The topological polar surface area (TPSA) is 102 Å². The maximum atomic E-state index is 11.7. The third kappa shape index (κ3) is 4.60. The molecule has 4 rings (SSSR count). The summed E-state index contributed by atoms with van der Waals surface area (Å²) in [5, 5.41) is 17.9. The van der Waals surface area contributed by atoms with Gasteiger partial charge in [0.15, 0.2) is 0 Å². The molecule has 1 fully saturated rings. The first kappa shape index (κ1) is 18.7. The number of hydrogen-bond acceptors (Lipinski definition) is 7. The number of rotatable bonds is 7. The number of ether oxygens (including phenoxy) is 1. The molecule has 0 bridgehead atoms. The lowest BCUT2D eigenvalue weighted by molar-refractivity contribution is -0.383. The standard InChI is InChI=1S/C21H21N5O3/c27-26(28)19-20(24-15-6-4-5-7-15)22-14-23-21(19)25-16-10-12-18(13-11-16)29-17-8-2-1-3-9-17/h1-3,8-15H,4-7H2,(H2,22,23,24,25). The largest absolute Gasteiger partial charge is 0.457 e. The van der Waals surface area contributed by atoms with Crippen molar-refractivity contribution in [1.29, 1.82) is 0 Å². The van der Waals surface area contributed by atoms with E-state index in [0.29, 0.717) is 11.4 Å². The molecule has 2 aromatic carbocycles. The molecule has 0 unspecified atom stereocenters. The Labute approximate surface area is 168 Å². The predicted octanol–water partition coefficient (Wildman–Crippen LogP) is 5.28. The third-order valence-corrected chi connectivity index (χ3v) is 4.80. The van der Waals surface area contributed by atoms with Gasteiger partial charge in [-0.05, 0) is 49.2 Å². The zero-order valence-electron chi connectivity index (χ0n) is 15.7. The minimum atomic E-state index is -0.452. The van der Waals surface area contributed by atoms with Gasteiger partial charge in [0.1, 0.15) is 17.8 Å². The Morgan fingerprint density at radius 1 is 0.931 bits per heavy atom. The van der Waals surface area contributed by atoms with Crippen LogP contribution in [0.1, 0.15) is 25.7 Å². The second-order valence-corrected chi connectivity index (χ2v) is 6.87. The summed E-state index contributed by atoms with van der Waals surface area (Å²) in [5.74, 6) is 1.82. The number of nitro groups is 1. The number of para-hydroxylation sites is 1. The summed E-state index contributed by atoms with van der Waals surface area (Å²) >= 11 is 0. The van der Waals surface area contributed by atoms with E-state index in [4.69, 9.17) is 4.74 Å². The van der Waals surface area contributed by atoms with Crippen LogP contribution in [0.3, 0.4) is 0 Å². The average molecular weight is 391 g/mol. The molecule has 29 heavy (non-hydrogen) atoms. The second-order valence-electron chi connectivity index (χ2n) is 6.87. The number of nitrogens with one attached hydrogen (secondary N) is 2. The van der Waals surface area contributed by atoms with Crippen LogP contribution in [0.4, 0.5) is 23.0 Å². The summed E-state index contributed by atoms with van der Waals surface area (Å²) in [5.41, 5.74) is 0.517. The third-order valence-electron chi connectivity index (χ3n) is 4.80. The Kier molecular flexibility index (Phi) is 5.51. The van der Waals surface area contributed by atoms with E-state index < -0.39 is 4.92 Å². The second kappa shape index (κ2) is 8.55. The van der Waals surface area contributed by atoms with Gasteiger partial charge in [0.25, 0.3) is 0 Å². The van der Waals surface area contributed by atoms with Gasteiger partial charge in [0.2, 0.25) is 11.6 Å².